The molecule has 0 radical (unpaired) electrons. The molecule has 0 saturated carbocycles. The molecule has 180 valence electrons. The lowest BCUT2D eigenvalue weighted by Crippen LogP contribution is -2.39. The number of nitrogens with two attached hydrogens (primary N) is 2. The summed E-state index contributed by atoms with van der Waals surface area (Å²) < 4.78 is 1.19. The number of nitrogen functional groups attached to an aromatic ring is 1. The molecule has 0 spiro atoms. The molecule has 3 heterocycles. The third-order valence-electron chi connectivity index (χ3n) is 5.89. The highest BCUT2D eigenvalue weighted by molar-refractivity contribution is 6.04. The van der Waals surface area contributed by atoms with Crippen LogP contribution in [-0.4, -0.2) is 43.8 Å². The van der Waals surface area contributed by atoms with Gasteiger partial charge in [0.1, 0.15) is 11.5 Å². The predicted molar refractivity (Wildman–Crippen MR) is 132 cm³/mol. The van der Waals surface area contributed by atoms with Crippen molar-refractivity contribution < 1.29 is 14.4 Å². The number of allylic oxidation sites excluding steroid dienone is 1. The second-order valence-electron chi connectivity index (χ2n) is 8.19. The number of piperidine rings is 1. The van der Waals surface area contributed by atoms with Crippen LogP contribution in [0.5, 0.6) is 0 Å². The van der Waals surface area contributed by atoms with Crippen molar-refractivity contribution in [1.29, 1.82) is 0 Å². The summed E-state index contributed by atoms with van der Waals surface area (Å²) in [5, 5.41) is 2.72. The molecule has 35 heavy (non-hydrogen) atoms. The number of hydrogen-bond donors (Lipinski definition) is 3. The molecule has 0 unspecified atom stereocenters. The van der Waals surface area contributed by atoms with Gasteiger partial charge in [0.05, 0.1) is 6.04 Å². The lowest BCUT2D eigenvalue weighted by Gasteiger charge is -2.34. The molecule has 5 N–H and O–H groups in total. The van der Waals surface area contributed by atoms with Crippen LogP contribution in [0, 0.1) is 0 Å². The van der Waals surface area contributed by atoms with Crippen LogP contribution in [0.4, 0.5) is 5.82 Å². The van der Waals surface area contributed by atoms with E-state index in [0.29, 0.717) is 41.4 Å². The summed E-state index contributed by atoms with van der Waals surface area (Å²) in [7, 11) is 0. The topological polar surface area (TPSA) is 149 Å². The van der Waals surface area contributed by atoms with Crippen molar-refractivity contribution in [3.8, 4) is 11.3 Å². The minimum Gasteiger partial charge on any atom is -0.364 e. The predicted octanol–water partition coefficient (Wildman–Crippen LogP) is 2.64. The van der Waals surface area contributed by atoms with Crippen LogP contribution in [0.2, 0.25) is 0 Å². The van der Waals surface area contributed by atoms with Crippen LogP contribution in [0.3, 0.4) is 0 Å². The number of likely N-dealkylation sites (tertiary alicyclic amines) is 1. The fourth-order valence-corrected chi connectivity index (χ4v) is 4.23. The van der Waals surface area contributed by atoms with E-state index < -0.39 is 5.91 Å². The molecule has 10 heteroatoms. The molecule has 3 aromatic rings. The first-order valence-electron chi connectivity index (χ1n) is 11.3. The van der Waals surface area contributed by atoms with Gasteiger partial charge in [0.2, 0.25) is 5.91 Å². The van der Waals surface area contributed by atoms with E-state index in [1.807, 2.05) is 0 Å². The maximum Gasteiger partial charge on any atom is 0.269 e. The number of amides is 3. The van der Waals surface area contributed by atoms with Crippen molar-refractivity contribution in [3.63, 3.8) is 0 Å². The van der Waals surface area contributed by atoms with Crippen molar-refractivity contribution in [2.45, 2.75) is 32.2 Å². The van der Waals surface area contributed by atoms with E-state index in [-0.39, 0.29) is 23.6 Å². The first-order valence-corrected chi connectivity index (χ1v) is 11.3. The Morgan fingerprint density at radius 2 is 1.89 bits per heavy atom. The maximum absolute atomic E-state index is 12.6. The zero-order chi connectivity index (χ0) is 24.9. The third-order valence-corrected chi connectivity index (χ3v) is 5.89. The number of aromatic nitrogens is 3. The van der Waals surface area contributed by atoms with Crippen molar-refractivity contribution in [2.24, 2.45) is 5.73 Å². The van der Waals surface area contributed by atoms with Gasteiger partial charge in [-0.05, 0) is 56.5 Å². The molecular weight excluding hydrogens is 446 g/mol. The highest BCUT2D eigenvalue weighted by Crippen LogP contribution is 2.33. The van der Waals surface area contributed by atoms with Crippen molar-refractivity contribution in [2.75, 3.05) is 17.7 Å². The summed E-state index contributed by atoms with van der Waals surface area (Å²) >= 11 is 0. The van der Waals surface area contributed by atoms with E-state index in [4.69, 9.17) is 11.6 Å². The summed E-state index contributed by atoms with van der Waals surface area (Å²) in [6, 6.07) is 11.4. The number of primary amides is 1. The molecule has 1 aliphatic rings. The number of imidazole rings is 1. The molecule has 10 nitrogen and oxygen atoms in total. The number of carbonyl (C=O) groups excluding carboxylic acids is 3. The second-order valence-corrected chi connectivity index (χ2v) is 8.19. The Labute approximate surface area is 202 Å². The number of rotatable bonds is 6. The Morgan fingerprint density at radius 3 is 2.54 bits per heavy atom. The van der Waals surface area contributed by atoms with E-state index in [2.05, 4.69) is 15.3 Å². The van der Waals surface area contributed by atoms with E-state index in [1.165, 1.54) is 10.8 Å². The van der Waals surface area contributed by atoms with Crippen molar-refractivity contribution in [1.82, 2.24) is 19.5 Å². The van der Waals surface area contributed by atoms with Crippen LogP contribution in [0.1, 0.15) is 58.9 Å². The molecule has 1 aliphatic heterocycles. The van der Waals surface area contributed by atoms with Crippen LogP contribution in [0.15, 0.2) is 60.8 Å². The summed E-state index contributed by atoms with van der Waals surface area (Å²) in [5.41, 5.74) is 6.97. The smallest absolute Gasteiger partial charge is 0.269 e. The highest BCUT2D eigenvalue weighted by Gasteiger charge is 2.33. The number of nitrogens with zero attached hydrogens (tertiary/aromatic N) is 4. The van der Waals surface area contributed by atoms with E-state index in [9.17, 15) is 14.4 Å². The Bertz CT molecular complexity index is 1270. The molecule has 0 aliphatic carbocycles. The minimum atomic E-state index is -0.736. The number of benzene rings is 1. The van der Waals surface area contributed by atoms with E-state index in [1.54, 1.807) is 66.6 Å². The van der Waals surface area contributed by atoms with Gasteiger partial charge < -0.3 is 21.8 Å². The quantitative estimate of drug-likeness (QED) is 0.370. The standard InChI is InChI=1S/C25H27N7O3/c1-2-7-20(33)31-15-6-4-8-18(31)24-30-21(22(23(26)34)32(24)27)16-10-12-17(13-11-16)25(35)29-19-9-3-5-14-28-19/h2-3,5,7,9-14,18H,4,6,8,15,27H2,1H3,(H2,26,34)(H,28,29,35)/b7-2+/t18-/m0/s1. The zero-order valence-electron chi connectivity index (χ0n) is 19.3. The summed E-state index contributed by atoms with van der Waals surface area (Å²) in [4.78, 5) is 48.0. The van der Waals surface area contributed by atoms with Crippen LogP contribution in [0.25, 0.3) is 11.3 Å². The van der Waals surface area contributed by atoms with E-state index in [0.717, 1.165) is 12.8 Å². The van der Waals surface area contributed by atoms with Gasteiger partial charge in [0.25, 0.3) is 11.8 Å². The Morgan fingerprint density at radius 1 is 1.11 bits per heavy atom. The average Bonchev–Trinajstić information content (AvgIpc) is 3.22. The van der Waals surface area contributed by atoms with Crippen LogP contribution in [-0.2, 0) is 4.79 Å². The second kappa shape index (κ2) is 10.2. The van der Waals surface area contributed by atoms with Gasteiger partial charge >= 0.3 is 0 Å². The largest absolute Gasteiger partial charge is 0.364 e. The molecule has 0 bridgehead atoms. The SMILES string of the molecule is C/C=C/C(=O)N1CCCC[C@H]1c1nc(-c2ccc(C(=O)Nc3ccccn3)cc2)c(C(N)=O)n1N. The van der Waals surface area contributed by atoms with E-state index >= 15 is 0 Å². The van der Waals surface area contributed by atoms with Gasteiger partial charge in [-0.3, -0.25) is 14.4 Å². The van der Waals surface area contributed by atoms with Crippen LogP contribution < -0.4 is 16.9 Å². The molecule has 1 saturated heterocycles. The zero-order valence-corrected chi connectivity index (χ0v) is 19.3. The van der Waals surface area contributed by atoms with Crippen molar-refractivity contribution >= 4 is 23.5 Å². The molecule has 1 aromatic carbocycles. The number of nitrogens with one attached hydrogen (secondary N) is 1. The summed E-state index contributed by atoms with van der Waals surface area (Å²) in [6.45, 7) is 2.35. The fraction of sp³-hybridized carbons (Fsp3) is 0.240. The molecule has 3 amide bonds. The van der Waals surface area contributed by atoms with Gasteiger partial charge in [0, 0.05) is 23.9 Å². The molecule has 1 fully saturated rings. The summed E-state index contributed by atoms with van der Waals surface area (Å²) in [5.74, 6) is 5.94. The van der Waals surface area contributed by atoms with Crippen LogP contribution >= 0.6 is 0 Å². The molecule has 2 aromatic heterocycles. The molecular formula is C25H27N7O3. The third kappa shape index (κ3) is 4.91. The Kier molecular flexibility index (Phi) is 6.91. The lowest BCUT2D eigenvalue weighted by atomic mass is 10.0. The molecule has 4 rings (SSSR count). The lowest BCUT2D eigenvalue weighted by molar-refractivity contribution is -0.130. The number of anilines is 1. The van der Waals surface area contributed by atoms with Gasteiger partial charge in [-0.1, -0.05) is 24.3 Å². The average molecular weight is 474 g/mol. The number of carbonyl (C=O) groups is 3. The monoisotopic (exact) mass is 473 g/mol. The van der Waals surface area contributed by atoms with Gasteiger partial charge in [-0.2, -0.15) is 0 Å². The fourth-order valence-electron chi connectivity index (χ4n) is 4.23. The Balaban J connectivity index is 1.66. The first kappa shape index (κ1) is 23.7. The summed E-state index contributed by atoms with van der Waals surface area (Å²) in [6.07, 6.45) is 7.23. The van der Waals surface area contributed by atoms with Gasteiger partial charge in [-0.15, -0.1) is 0 Å². The molecule has 1 atom stereocenters. The number of pyridine rings is 1. The van der Waals surface area contributed by atoms with Gasteiger partial charge in [-0.25, -0.2) is 14.6 Å². The minimum absolute atomic E-state index is 0.0368. The number of hydrogen-bond acceptors (Lipinski definition) is 6. The normalized spacial score (nSPS) is 15.8. The van der Waals surface area contributed by atoms with Crippen molar-refractivity contribution in [3.05, 3.63) is 77.9 Å². The Hall–Kier alpha value is -4.47. The first-order chi connectivity index (χ1) is 16.9. The van der Waals surface area contributed by atoms with Gasteiger partial charge in [0.15, 0.2) is 11.5 Å². The maximum atomic E-state index is 12.6. The highest BCUT2D eigenvalue weighted by atomic mass is 16.2.